The summed E-state index contributed by atoms with van der Waals surface area (Å²) in [5, 5.41) is 0. The van der Waals surface area contributed by atoms with Crippen molar-refractivity contribution in [2.45, 2.75) is 335 Å². The Morgan fingerprint density at radius 1 is 0.274 bits per heavy atom. The average Bonchev–Trinajstić information content (AvgIpc) is 3.39. The Balaban J connectivity index is 4.40. The fourth-order valence-electron chi connectivity index (χ4n) is 9.15. The van der Waals surface area contributed by atoms with Crippen LogP contribution in [0.25, 0.3) is 0 Å². The Kier molecular flexibility index (Phi) is 59.2. The van der Waals surface area contributed by atoms with Gasteiger partial charge in [-0.05, 0) is 109 Å². The van der Waals surface area contributed by atoms with Crippen molar-refractivity contribution >= 4 is 17.9 Å². The van der Waals surface area contributed by atoms with Crippen molar-refractivity contribution in [1.82, 2.24) is 0 Å². The first-order valence-corrected chi connectivity index (χ1v) is 31.8. The molecule has 0 aliphatic heterocycles. The Hall–Kier alpha value is -2.89. The van der Waals surface area contributed by atoms with E-state index in [0.717, 1.165) is 83.5 Å². The second kappa shape index (κ2) is 61.7. The second-order valence-corrected chi connectivity index (χ2v) is 21.3. The van der Waals surface area contributed by atoms with Gasteiger partial charge in [-0.2, -0.15) is 0 Å². The number of carbonyl (C=O) groups is 3. The highest BCUT2D eigenvalue weighted by molar-refractivity contribution is 5.71. The van der Waals surface area contributed by atoms with Crippen LogP contribution in [0.2, 0.25) is 0 Å². The van der Waals surface area contributed by atoms with Gasteiger partial charge in [0.2, 0.25) is 0 Å². The second-order valence-electron chi connectivity index (χ2n) is 21.3. The molecule has 0 aromatic carbocycles. The molecule has 0 saturated heterocycles. The van der Waals surface area contributed by atoms with Gasteiger partial charge in [0.25, 0.3) is 0 Å². The summed E-state index contributed by atoms with van der Waals surface area (Å²) in [5.41, 5.74) is 0. The monoisotopic (exact) mass is 1020 g/mol. The number of unbranched alkanes of at least 4 members (excludes halogenated alkanes) is 37. The molecule has 0 rings (SSSR count). The van der Waals surface area contributed by atoms with Crippen LogP contribution in [0.3, 0.4) is 0 Å². The Morgan fingerprint density at radius 3 is 0.808 bits per heavy atom. The van der Waals surface area contributed by atoms with Crippen LogP contribution in [0.5, 0.6) is 0 Å². The molecule has 0 saturated carbocycles. The summed E-state index contributed by atoms with van der Waals surface area (Å²) in [5.74, 6) is -0.899. The van der Waals surface area contributed by atoms with Crippen molar-refractivity contribution in [2.24, 2.45) is 0 Å². The van der Waals surface area contributed by atoms with E-state index in [1.807, 2.05) is 0 Å². The Labute approximate surface area is 453 Å². The fourth-order valence-corrected chi connectivity index (χ4v) is 9.15. The van der Waals surface area contributed by atoms with Gasteiger partial charge in [0, 0.05) is 19.3 Å². The number of rotatable bonds is 58. The molecule has 0 aromatic heterocycles. The molecule has 0 bridgehead atoms. The van der Waals surface area contributed by atoms with Crippen LogP contribution in [0, 0.1) is 0 Å². The van der Waals surface area contributed by atoms with Crippen molar-refractivity contribution in [3.05, 3.63) is 60.8 Å². The summed E-state index contributed by atoms with van der Waals surface area (Å²) in [6.45, 7) is 6.63. The topological polar surface area (TPSA) is 78.9 Å². The van der Waals surface area contributed by atoms with E-state index in [1.54, 1.807) is 0 Å². The van der Waals surface area contributed by atoms with Gasteiger partial charge >= 0.3 is 17.9 Å². The number of hydrogen-bond donors (Lipinski definition) is 0. The predicted molar refractivity (Wildman–Crippen MR) is 316 cm³/mol. The van der Waals surface area contributed by atoms with Crippen LogP contribution in [-0.2, 0) is 28.6 Å². The van der Waals surface area contributed by atoms with Gasteiger partial charge in [-0.1, -0.05) is 261 Å². The molecule has 73 heavy (non-hydrogen) atoms. The third-order valence-electron chi connectivity index (χ3n) is 14.0. The summed E-state index contributed by atoms with van der Waals surface area (Å²) in [6, 6.07) is 0. The highest BCUT2D eigenvalue weighted by Gasteiger charge is 2.19. The summed E-state index contributed by atoms with van der Waals surface area (Å²) < 4.78 is 16.9. The third kappa shape index (κ3) is 59.9. The molecule has 0 unspecified atom stereocenters. The van der Waals surface area contributed by atoms with E-state index in [0.29, 0.717) is 19.3 Å². The molecule has 0 amide bonds. The van der Waals surface area contributed by atoms with Crippen molar-refractivity contribution in [1.29, 1.82) is 0 Å². The highest BCUT2D eigenvalue weighted by atomic mass is 16.6. The first-order chi connectivity index (χ1) is 36.0. The molecule has 0 aromatic rings. The highest BCUT2D eigenvalue weighted by Crippen LogP contribution is 2.16. The minimum Gasteiger partial charge on any atom is -0.462 e. The predicted octanol–water partition coefficient (Wildman–Crippen LogP) is 21.6. The number of ether oxygens (including phenoxy) is 3. The molecule has 6 nitrogen and oxygen atoms in total. The minimum atomic E-state index is -0.789. The van der Waals surface area contributed by atoms with Gasteiger partial charge in [-0.3, -0.25) is 14.4 Å². The van der Waals surface area contributed by atoms with E-state index in [9.17, 15) is 14.4 Å². The zero-order valence-electron chi connectivity index (χ0n) is 48.7. The molecule has 0 fully saturated rings. The van der Waals surface area contributed by atoms with E-state index in [4.69, 9.17) is 14.2 Å². The maximum Gasteiger partial charge on any atom is 0.306 e. The normalized spacial score (nSPS) is 12.4. The SMILES string of the molecule is CCCCC/C=C\C/C=C\C/C=C\CCCCCCC(=O)OC[C@H](COC(=O)CCCCCCCCC/C=C\CCCCCCCCCC)OC(=O)CCCCCCCCC/C=C\CCCCCCCCCC. The van der Waals surface area contributed by atoms with Crippen molar-refractivity contribution in [3.8, 4) is 0 Å². The lowest BCUT2D eigenvalue weighted by atomic mass is 10.1. The number of esters is 3. The van der Waals surface area contributed by atoms with Gasteiger partial charge < -0.3 is 14.2 Å². The lowest BCUT2D eigenvalue weighted by Gasteiger charge is -2.18. The zero-order chi connectivity index (χ0) is 52.9. The molecule has 0 aliphatic carbocycles. The number of allylic oxidation sites excluding steroid dienone is 10. The van der Waals surface area contributed by atoms with Crippen LogP contribution < -0.4 is 0 Å². The van der Waals surface area contributed by atoms with Crippen LogP contribution in [-0.4, -0.2) is 37.2 Å². The van der Waals surface area contributed by atoms with E-state index in [1.165, 1.54) is 205 Å². The fraction of sp³-hybridized carbons (Fsp3) is 0.806. The van der Waals surface area contributed by atoms with Gasteiger partial charge in [0.1, 0.15) is 13.2 Å². The molecular formula is C67H120O6. The van der Waals surface area contributed by atoms with Crippen LogP contribution in [0.4, 0.5) is 0 Å². The van der Waals surface area contributed by atoms with Crippen molar-refractivity contribution in [3.63, 3.8) is 0 Å². The summed E-state index contributed by atoms with van der Waals surface area (Å²) in [6.07, 6.45) is 77.9. The van der Waals surface area contributed by atoms with E-state index < -0.39 is 6.10 Å². The van der Waals surface area contributed by atoms with E-state index in [-0.39, 0.29) is 31.1 Å². The maximum atomic E-state index is 12.9. The van der Waals surface area contributed by atoms with Crippen LogP contribution in [0.1, 0.15) is 329 Å². The minimum absolute atomic E-state index is 0.0840. The number of carbonyl (C=O) groups excluding carboxylic acids is 3. The molecule has 0 aliphatic rings. The van der Waals surface area contributed by atoms with Gasteiger partial charge in [-0.25, -0.2) is 0 Å². The van der Waals surface area contributed by atoms with Crippen LogP contribution in [0.15, 0.2) is 60.8 Å². The van der Waals surface area contributed by atoms with Gasteiger partial charge in [0.05, 0.1) is 0 Å². The molecule has 424 valence electrons. The number of hydrogen-bond acceptors (Lipinski definition) is 6. The van der Waals surface area contributed by atoms with Crippen molar-refractivity contribution in [2.75, 3.05) is 13.2 Å². The van der Waals surface area contributed by atoms with Gasteiger partial charge in [0.15, 0.2) is 6.10 Å². The third-order valence-corrected chi connectivity index (χ3v) is 14.0. The first-order valence-electron chi connectivity index (χ1n) is 31.8. The average molecular weight is 1020 g/mol. The lowest BCUT2D eigenvalue weighted by Crippen LogP contribution is -2.30. The van der Waals surface area contributed by atoms with E-state index >= 15 is 0 Å². The standard InChI is InChI=1S/C67H120O6/c1-4-7-10-13-16-19-22-25-28-31-33-36-39-42-45-48-51-54-57-60-66(69)72-63-64(62-71-65(68)59-56-53-50-47-44-41-38-35-30-27-24-21-18-15-12-9-6-3)73-67(70)61-58-55-52-49-46-43-40-37-34-32-29-26-23-20-17-14-11-8-5-2/h18,21,27,30-34,38,41,64H,4-17,19-20,22-26,28-29,35-37,39-40,42-63H2,1-3H3/b21-18-,30-27-,33-31-,34-32-,41-38-/t64-/m1/s1. The van der Waals surface area contributed by atoms with Gasteiger partial charge in [-0.15, -0.1) is 0 Å². The molecule has 0 radical (unpaired) electrons. The maximum absolute atomic E-state index is 12.9. The molecule has 1 atom stereocenters. The first kappa shape index (κ1) is 70.1. The zero-order valence-corrected chi connectivity index (χ0v) is 48.7. The Morgan fingerprint density at radius 2 is 0.493 bits per heavy atom. The lowest BCUT2D eigenvalue weighted by molar-refractivity contribution is -0.167. The molecule has 0 spiro atoms. The smallest absolute Gasteiger partial charge is 0.306 e. The quantitative estimate of drug-likeness (QED) is 0.0261. The largest absolute Gasteiger partial charge is 0.462 e. The van der Waals surface area contributed by atoms with E-state index in [2.05, 4.69) is 81.5 Å². The molecule has 6 heteroatoms. The Bertz CT molecular complexity index is 1310. The van der Waals surface area contributed by atoms with Crippen LogP contribution >= 0.6 is 0 Å². The summed E-state index contributed by atoms with van der Waals surface area (Å²) in [4.78, 5) is 38.3. The molecule has 0 heterocycles. The van der Waals surface area contributed by atoms with Crippen molar-refractivity contribution < 1.29 is 28.6 Å². The molecular weight excluding hydrogens is 901 g/mol. The molecule has 0 N–H and O–H groups in total. The summed E-state index contributed by atoms with van der Waals surface area (Å²) in [7, 11) is 0. The summed E-state index contributed by atoms with van der Waals surface area (Å²) >= 11 is 0.